The van der Waals surface area contributed by atoms with E-state index in [9.17, 15) is 66.6 Å². The summed E-state index contributed by atoms with van der Waals surface area (Å²) in [5.41, 5.74) is 0. The molecule has 0 aliphatic rings. The molecular weight excluding hydrogens is 1200 g/mol. The van der Waals surface area contributed by atoms with Gasteiger partial charge in [-0.05, 0) is 57.8 Å². The van der Waals surface area contributed by atoms with Gasteiger partial charge in [-0.1, -0.05) is 98.7 Å². The van der Waals surface area contributed by atoms with Crippen LogP contribution in [-0.4, -0.2) is 193 Å². The van der Waals surface area contributed by atoms with E-state index in [-0.39, 0.29) is 139 Å². The van der Waals surface area contributed by atoms with Gasteiger partial charge in [0.2, 0.25) is 39.6 Å². The van der Waals surface area contributed by atoms with Gasteiger partial charge in [0, 0.05) is 71.7 Å². The van der Waals surface area contributed by atoms with Crippen molar-refractivity contribution in [1.82, 2.24) is 46.6 Å². The van der Waals surface area contributed by atoms with Crippen molar-refractivity contribution in [1.29, 1.82) is 0 Å². The van der Waals surface area contributed by atoms with E-state index in [0.29, 0.717) is 51.7 Å². The Morgan fingerprint density at radius 3 is 1.72 bits per heavy atom. The van der Waals surface area contributed by atoms with Crippen LogP contribution in [0, 0.1) is 11.8 Å². The van der Waals surface area contributed by atoms with Gasteiger partial charge in [-0.15, -0.1) is 10.2 Å². The number of H-pyrrole nitrogens is 1. The number of hydrogen-bond acceptors (Lipinski definition) is 19. The highest BCUT2D eigenvalue weighted by molar-refractivity contribution is 9.09. The van der Waals surface area contributed by atoms with Gasteiger partial charge < -0.3 is 55.5 Å². The van der Waals surface area contributed by atoms with Crippen molar-refractivity contribution in [2.24, 2.45) is 11.8 Å². The molecule has 0 aliphatic carbocycles. The number of unbranched alkanes of at least 4 members (excludes halogenated alkanes) is 13. The lowest BCUT2D eigenvalue weighted by molar-refractivity contribution is -0.145. The Hall–Kier alpha value is -5.56. The first-order chi connectivity index (χ1) is 40.7. The number of halogens is 1. The summed E-state index contributed by atoms with van der Waals surface area (Å²) >= 11 is 3.03. The molecule has 30 heteroatoms. The molecule has 9 N–H and O–H groups in total. The third-order valence-electron chi connectivity index (χ3n) is 12.9. The number of nitrogens with zero attached hydrogens (tertiary/aromatic N) is 3. The average molecular weight is 1300 g/mol. The molecule has 0 spiro atoms. The molecule has 28 nitrogen and oxygen atoms in total. The molecule has 1 aromatic rings. The molecular formula is C55H96BrN9O19S. The molecule has 3 atom stereocenters. The number of tetrazole rings is 1. The Balaban J connectivity index is 0.00000184. The monoisotopic (exact) mass is 1300 g/mol. The quantitative estimate of drug-likeness (QED) is 0.0330. The van der Waals surface area contributed by atoms with E-state index in [1.165, 1.54) is 58.4 Å². The van der Waals surface area contributed by atoms with Crippen molar-refractivity contribution in [2.75, 3.05) is 84.1 Å². The SMILES string of the molecule is CC(CCC(=O)CCCOCCOCC(=O)N[C@@H](CCCCNC(=O)CBr)C(=O)O)C(=O)O.CNC(=O)CC[C@H](CC(=O)COCCOCCNC(=O)CCCS(=O)(=O)NC(=O)CCCCCCCCCCCCCCCc1nn[nH]n1)C(=O)O. The van der Waals surface area contributed by atoms with Gasteiger partial charge in [0.25, 0.3) is 0 Å². The highest BCUT2D eigenvalue weighted by Gasteiger charge is 2.23. The number of carboxylic acids is 3. The van der Waals surface area contributed by atoms with Crippen molar-refractivity contribution >= 4 is 85.0 Å². The zero-order valence-corrected chi connectivity index (χ0v) is 52.2. The van der Waals surface area contributed by atoms with Gasteiger partial charge in [0.15, 0.2) is 11.6 Å². The van der Waals surface area contributed by atoms with Gasteiger partial charge in [0.05, 0.1) is 56.0 Å². The van der Waals surface area contributed by atoms with Gasteiger partial charge in [0.1, 0.15) is 25.0 Å². The Bertz CT molecular complexity index is 2160. The summed E-state index contributed by atoms with van der Waals surface area (Å²) in [6.07, 6.45) is 18.2. The summed E-state index contributed by atoms with van der Waals surface area (Å²) in [4.78, 5) is 115. The predicted molar refractivity (Wildman–Crippen MR) is 315 cm³/mol. The zero-order chi connectivity index (χ0) is 63.4. The van der Waals surface area contributed by atoms with Crippen LogP contribution in [-0.2, 0) is 83.3 Å². The van der Waals surface area contributed by atoms with Crippen LogP contribution in [0.5, 0.6) is 0 Å². The van der Waals surface area contributed by atoms with Gasteiger partial charge in [-0.3, -0.25) is 47.9 Å². The third-order valence-corrected chi connectivity index (χ3v) is 14.8. The number of amides is 5. The number of aromatic amines is 1. The number of aliphatic carboxylic acids is 3. The van der Waals surface area contributed by atoms with Crippen LogP contribution in [0.25, 0.3) is 0 Å². The van der Waals surface area contributed by atoms with E-state index < -0.39 is 63.4 Å². The number of Topliss-reactive ketones (excluding diaryl/α,β-unsaturated/α-hetero) is 2. The third kappa shape index (κ3) is 50.3. The van der Waals surface area contributed by atoms with Crippen LogP contribution in [0.4, 0.5) is 0 Å². The van der Waals surface area contributed by atoms with Crippen molar-refractivity contribution < 1.29 is 90.6 Å². The number of hydrogen-bond donors (Lipinski definition) is 9. The Morgan fingerprint density at radius 1 is 0.541 bits per heavy atom. The maximum Gasteiger partial charge on any atom is 0.326 e. The molecule has 0 aromatic carbocycles. The second-order valence-corrected chi connectivity index (χ2v) is 22.8. The number of nitrogens with one attached hydrogen (secondary N) is 6. The molecule has 1 aromatic heterocycles. The van der Waals surface area contributed by atoms with Crippen LogP contribution in [0.2, 0.25) is 0 Å². The Labute approximate surface area is 508 Å². The smallest absolute Gasteiger partial charge is 0.326 e. The summed E-state index contributed by atoms with van der Waals surface area (Å²) in [5, 5.41) is 51.5. The maximum atomic E-state index is 12.2. The molecule has 0 saturated heterocycles. The molecule has 488 valence electrons. The number of ketones is 2. The molecule has 0 fully saturated rings. The normalized spacial score (nSPS) is 12.2. The molecule has 1 unspecified atom stereocenters. The molecule has 0 aliphatic heterocycles. The lowest BCUT2D eigenvalue weighted by atomic mass is 9.97. The topological polar surface area (TPSA) is 417 Å². The number of ether oxygens (including phenoxy) is 4. The Kier molecular flexibility index (Phi) is 49.3. The molecule has 1 heterocycles. The number of aryl methyl sites for hydroxylation is 1. The van der Waals surface area contributed by atoms with E-state index in [1.807, 2.05) is 0 Å². The molecule has 0 bridgehead atoms. The number of alkyl halides is 1. The van der Waals surface area contributed by atoms with Crippen LogP contribution >= 0.6 is 15.9 Å². The van der Waals surface area contributed by atoms with E-state index in [2.05, 4.69) is 62.5 Å². The first-order valence-corrected chi connectivity index (χ1v) is 32.3. The first kappa shape index (κ1) is 79.4. The summed E-state index contributed by atoms with van der Waals surface area (Å²) in [6, 6.07) is -1.03. The standard InChI is InChI=1S/C34H61N7O10S.C21H35BrN2O9/c1-35-31(43)20-19-28(34(46)47)26-29(42)27-51-24-23-50-22-21-36-32(44)18-15-25-52(48,49)39-33(45)17-14-12-10-8-6-4-2-3-5-7-9-11-13-16-30-37-40-41-38-30;1-15(20(28)29)7-8-16(25)5-4-10-32-11-12-33-14-19(27)24-17(21(30)31)6-2-3-9-23-18(26)13-22/h28H,2-27H2,1H3,(H,35,43)(H,36,44)(H,39,45)(H,46,47)(H,37,38,40,41);15,17H,2-14H2,1H3,(H,23,26)(H,24,27)(H,28,29)(H,30,31)/t28-;15?,17-/m10/s1. The van der Waals surface area contributed by atoms with Gasteiger partial charge in [-0.25, -0.2) is 13.2 Å². The van der Waals surface area contributed by atoms with Crippen molar-refractivity contribution in [3.63, 3.8) is 0 Å². The van der Waals surface area contributed by atoms with E-state index in [4.69, 9.17) is 24.1 Å². The number of carboxylic acid groups (broad SMARTS) is 3. The number of carbonyl (C=O) groups excluding carboxylic acids is 7. The minimum Gasteiger partial charge on any atom is -0.481 e. The summed E-state index contributed by atoms with van der Waals surface area (Å²) in [7, 11) is -2.36. The average Bonchev–Trinajstić information content (AvgIpc) is 4.08. The highest BCUT2D eigenvalue weighted by Crippen LogP contribution is 2.15. The number of sulfonamides is 1. The van der Waals surface area contributed by atoms with Crippen molar-refractivity contribution in [2.45, 2.75) is 186 Å². The molecule has 5 amide bonds. The highest BCUT2D eigenvalue weighted by atomic mass is 79.9. The maximum absolute atomic E-state index is 12.2. The zero-order valence-electron chi connectivity index (χ0n) is 49.8. The fraction of sp³-hybridized carbons (Fsp3) is 0.800. The van der Waals surface area contributed by atoms with Gasteiger partial charge in [-0.2, -0.15) is 5.21 Å². The van der Waals surface area contributed by atoms with E-state index in [0.717, 1.165) is 37.9 Å². The van der Waals surface area contributed by atoms with E-state index >= 15 is 0 Å². The van der Waals surface area contributed by atoms with E-state index in [1.54, 1.807) is 6.92 Å². The lowest BCUT2D eigenvalue weighted by Gasteiger charge is -2.14. The van der Waals surface area contributed by atoms with Crippen molar-refractivity contribution in [3.05, 3.63) is 5.82 Å². The first-order valence-electron chi connectivity index (χ1n) is 29.6. The predicted octanol–water partition coefficient (Wildman–Crippen LogP) is 3.89. The molecule has 0 radical (unpaired) electrons. The second-order valence-electron chi connectivity index (χ2n) is 20.4. The number of aromatic nitrogens is 4. The van der Waals surface area contributed by atoms with Crippen LogP contribution in [0.15, 0.2) is 0 Å². The van der Waals surface area contributed by atoms with Crippen molar-refractivity contribution in [3.8, 4) is 0 Å². The second kappa shape index (κ2) is 52.7. The van der Waals surface area contributed by atoms with Gasteiger partial charge >= 0.3 is 17.9 Å². The summed E-state index contributed by atoms with van der Waals surface area (Å²) in [6.45, 7) is 2.73. The molecule has 85 heavy (non-hydrogen) atoms. The minimum atomic E-state index is -3.81. The van der Waals surface area contributed by atoms with Crippen LogP contribution in [0.3, 0.4) is 0 Å². The number of carbonyl (C=O) groups is 10. The Morgan fingerprint density at radius 2 is 1.13 bits per heavy atom. The summed E-state index contributed by atoms with van der Waals surface area (Å²) in [5.74, 6) is -6.49. The van der Waals surface area contributed by atoms with Crippen LogP contribution in [0.1, 0.15) is 180 Å². The fourth-order valence-electron chi connectivity index (χ4n) is 7.96. The lowest BCUT2D eigenvalue weighted by Crippen LogP contribution is -2.42. The molecule has 0 saturated carbocycles. The number of rotatable bonds is 56. The molecule has 1 rings (SSSR count). The minimum absolute atomic E-state index is 0.00343. The fourth-order valence-corrected chi connectivity index (χ4v) is 9.23. The summed E-state index contributed by atoms with van der Waals surface area (Å²) < 4.78 is 47.6. The largest absolute Gasteiger partial charge is 0.481 e. The van der Waals surface area contributed by atoms with Crippen LogP contribution < -0.4 is 26.0 Å².